The van der Waals surface area contributed by atoms with Gasteiger partial charge in [0.15, 0.2) is 5.82 Å². The topological polar surface area (TPSA) is 102 Å². The molecule has 0 bridgehead atoms. The van der Waals surface area contributed by atoms with Gasteiger partial charge in [-0.1, -0.05) is 12.1 Å². The van der Waals surface area contributed by atoms with Crippen molar-refractivity contribution in [3.8, 4) is 11.8 Å². The maximum absolute atomic E-state index is 14.6. The number of nitrogens with zero attached hydrogens (tertiary/aromatic N) is 7. The van der Waals surface area contributed by atoms with Crippen LogP contribution in [0.25, 0.3) is 16.7 Å². The summed E-state index contributed by atoms with van der Waals surface area (Å²) in [6, 6.07) is 7.57. The van der Waals surface area contributed by atoms with Gasteiger partial charge in [-0.3, -0.25) is 4.57 Å². The second-order valence-corrected chi connectivity index (χ2v) is 7.33. The highest BCUT2D eigenvalue weighted by molar-refractivity contribution is 5.91. The third-order valence-corrected chi connectivity index (χ3v) is 4.99. The van der Waals surface area contributed by atoms with E-state index in [4.69, 9.17) is 5.26 Å². The lowest BCUT2D eigenvalue weighted by Gasteiger charge is -2.10. The Kier molecular flexibility index (Phi) is 5.29. The molecular weight excluding hydrogens is 435 g/mol. The Morgan fingerprint density at radius 3 is 2.67 bits per heavy atom. The Balaban J connectivity index is 1.87. The van der Waals surface area contributed by atoms with Crippen LogP contribution in [-0.4, -0.2) is 30.5 Å². The van der Waals surface area contributed by atoms with Crippen molar-refractivity contribution in [3.63, 3.8) is 0 Å². The van der Waals surface area contributed by atoms with Crippen molar-refractivity contribution in [1.29, 1.82) is 5.26 Å². The Hall–Kier alpha value is -4.33. The summed E-state index contributed by atoms with van der Waals surface area (Å²) in [4.78, 5) is 24.6. The van der Waals surface area contributed by atoms with E-state index < -0.39 is 23.0 Å². The quantitative estimate of drug-likeness (QED) is 0.441. The van der Waals surface area contributed by atoms with Gasteiger partial charge in [-0.15, -0.1) is 0 Å². The molecule has 33 heavy (non-hydrogen) atoms. The number of alkyl halides is 2. The molecule has 166 valence electrons. The van der Waals surface area contributed by atoms with Gasteiger partial charge in [0, 0.05) is 24.5 Å². The highest BCUT2D eigenvalue weighted by Gasteiger charge is 2.35. The molecule has 0 saturated heterocycles. The number of halogens is 3. The van der Waals surface area contributed by atoms with Crippen molar-refractivity contribution in [1.82, 2.24) is 24.3 Å². The van der Waals surface area contributed by atoms with E-state index in [-0.39, 0.29) is 17.0 Å². The third-order valence-electron chi connectivity index (χ3n) is 4.99. The first-order valence-corrected chi connectivity index (χ1v) is 9.65. The molecule has 0 radical (unpaired) electrons. The molecule has 0 aliphatic carbocycles. The average molecular weight is 451 g/mol. The molecule has 0 N–H and O–H groups in total. The molecule has 3 heterocycles. The minimum atomic E-state index is -4.00. The number of hydrogen-bond acceptors (Lipinski definition) is 6. The van der Waals surface area contributed by atoms with Crippen molar-refractivity contribution in [3.05, 3.63) is 75.3 Å². The van der Waals surface area contributed by atoms with E-state index in [0.29, 0.717) is 11.1 Å². The van der Waals surface area contributed by atoms with Gasteiger partial charge in [-0.2, -0.15) is 24.1 Å². The van der Waals surface area contributed by atoms with Crippen LogP contribution in [0.3, 0.4) is 0 Å². The molecule has 0 aliphatic heterocycles. The van der Waals surface area contributed by atoms with E-state index in [2.05, 4.69) is 20.1 Å². The van der Waals surface area contributed by atoms with E-state index in [9.17, 15) is 18.0 Å². The van der Waals surface area contributed by atoms with Gasteiger partial charge >= 0.3 is 11.6 Å². The summed E-state index contributed by atoms with van der Waals surface area (Å²) in [5.41, 5.74) is 0.517. The summed E-state index contributed by atoms with van der Waals surface area (Å²) in [5.74, 6) is -5.36. The second-order valence-electron chi connectivity index (χ2n) is 7.33. The predicted molar refractivity (Wildman–Crippen MR) is 115 cm³/mol. The fourth-order valence-corrected chi connectivity index (χ4v) is 3.38. The van der Waals surface area contributed by atoms with Gasteiger partial charge in [-0.05, 0) is 32.0 Å². The molecule has 0 unspecified atom stereocenters. The zero-order valence-corrected chi connectivity index (χ0v) is 17.7. The average Bonchev–Trinajstić information content (AvgIpc) is 3.13. The molecule has 8 nitrogen and oxygen atoms in total. The first-order chi connectivity index (χ1) is 15.6. The molecular formula is C22H16F3N7O. The first kappa shape index (κ1) is 21.9. The van der Waals surface area contributed by atoms with Crippen molar-refractivity contribution >= 4 is 23.1 Å². The largest absolute Gasteiger partial charge is 0.360 e. The molecule has 11 heteroatoms. The summed E-state index contributed by atoms with van der Waals surface area (Å²) in [6.07, 6.45) is 2.52. The fraction of sp³-hybridized carbons (Fsp3) is 0.182. The summed E-state index contributed by atoms with van der Waals surface area (Å²) in [5, 5.41) is 13.4. The third kappa shape index (κ3) is 3.87. The van der Waals surface area contributed by atoms with Crippen LogP contribution in [0.4, 0.5) is 19.0 Å². The number of pyridine rings is 1. The predicted octanol–water partition coefficient (Wildman–Crippen LogP) is 3.64. The summed E-state index contributed by atoms with van der Waals surface area (Å²) < 4.78 is 44.9. The minimum Gasteiger partial charge on any atom is -0.279 e. The molecule has 0 atom stereocenters. The highest BCUT2D eigenvalue weighted by Crippen LogP contribution is 2.30. The lowest BCUT2D eigenvalue weighted by atomic mass is 10.1. The second kappa shape index (κ2) is 7.98. The number of benzene rings is 1. The summed E-state index contributed by atoms with van der Waals surface area (Å²) in [6.45, 7) is 3.71. The molecule has 1 aromatic carbocycles. The number of fused-ring (bicyclic) bond motifs is 1. The highest BCUT2D eigenvalue weighted by atomic mass is 19.3. The lowest BCUT2D eigenvalue weighted by Crippen LogP contribution is -2.21. The van der Waals surface area contributed by atoms with Crippen LogP contribution in [0.5, 0.6) is 0 Å². The Labute approximate surface area is 185 Å². The van der Waals surface area contributed by atoms with E-state index in [1.165, 1.54) is 23.7 Å². The number of rotatable bonds is 4. The summed E-state index contributed by atoms with van der Waals surface area (Å²) in [7, 11) is 1.49. The van der Waals surface area contributed by atoms with Crippen molar-refractivity contribution in [2.45, 2.75) is 19.8 Å². The molecule has 3 aromatic heterocycles. The zero-order chi connectivity index (χ0) is 23.9. The van der Waals surface area contributed by atoms with Crippen molar-refractivity contribution in [2.75, 3.05) is 0 Å². The van der Waals surface area contributed by atoms with Crippen LogP contribution in [0.2, 0.25) is 0 Å². The molecule has 0 saturated carbocycles. The molecule has 0 aliphatic rings. The normalized spacial score (nSPS) is 11.9. The Bertz CT molecular complexity index is 1530. The standard InChI is InChI=1S/C22H16F3N7O/c1-12-7-13(2)32(30-12)15-8-16-19(29-21(33)31(3)20(16)28-10-15)27-9-14-5-4-6-17(18(14)23)22(24,25)11-26/h4-10H,1-3H3. The van der Waals surface area contributed by atoms with Gasteiger partial charge in [-0.25, -0.2) is 23.8 Å². The zero-order valence-electron chi connectivity index (χ0n) is 17.7. The van der Waals surface area contributed by atoms with Gasteiger partial charge < -0.3 is 0 Å². The Morgan fingerprint density at radius 2 is 2.00 bits per heavy atom. The van der Waals surface area contributed by atoms with E-state index >= 15 is 0 Å². The van der Waals surface area contributed by atoms with Crippen LogP contribution >= 0.6 is 0 Å². The molecule has 0 amide bonds. The molecule has 0 spiro atoms. The summed E-state index contributed by atoms with van der Waals surface area (Å²) >= 11 is 0. The number of aryl methyl sites for hydroxylation is 3. The monoisotopic (exact) mass is 451 g/mol. The van der Waals surface area contributed by atoms with Crippen LogP contribution < -0.4 is 5.69 Å². The first-order valence-electron chi connectivity index (χ1n) is 9.65. The van der Waals surface area contributed by atoms with Crippen LogP contribution in [0, 0.1) is 31.0 Å². The van der Waals surface area contributed by atoms with Crippen LogP contribution in [-0.2, 0) is 13.0 Å². The number of aliphatic imine (C=N–C) groups is 1. The van der Waals surface area contributed by atoms with Crippen molar-refractivity contribution in [2.24, 2.45) is 12.0 Å². The maximum Gasteiger partial charge on any atom is 0.360 e. The smallest absolute Gasteiger partial charge is 0.279 e. The minimum absolute atomic E-state index is 0.0687. The van der Waals surface area contributed by atoms with E-state index in [1.54, 1.807) is 16.9 Å². The van der Waals surface area contributed by atoms with E-state index in [0.717, 1.165) is 29.7 Å². The SMILES string of the molecule is Cc1cc(C)n(-c2cnc3c(c2)c(N=Cc2cccc(C(F)(F)C#N)c2F)nc(=O)n3C)n1. The van der Waals surface area contributed by atoms with Gasteiger partial charge in [0.2, 0.25) is 0 Å². The van der Waals surface area contributed by atoms with E-state index in [1.807, 2.05) is 19.9 Å². The maximum atomic E-state index is 14.6. The number of nitriles is 1. The molecule has 4 rings (SSSR count). The molecule has 4 aromatic rings. The molecule has 0 fully saturated rings. The van der Waals surface area contributed by atoms with Crippen molar-refractivity contribution < 1.29 is 13.2 Å². The fourth-order valence-electron chi connectivity index (χ4n) is 3.38. The number of aromatic nitrogens is 5. The number of hydrogen-bond donors (Lipinski definition) is 0. The van der Waals surface area contributed by atoms with Gasteiger partial charge in [0.1, 0.15) is 17.5 Å². The van der Waals surface area contributed by atoms with Crippen LogP contribution in [0.1, 0.15) is 22.5 Å². The lowest BCUT2D eigenvalue weighted by molar-refractivity contribution is 0.0571. The van der Waals surface area contributed by atoms with Crippen LogP contribution in [0.15, 0.2) is 46.3 Å². The van der Waals surface area contributed by atoms with Gasteiger partial charge in [0.05, 0.1) is 28.5 Å². The Morgan fingerprint density at radius 1 is 1.24 bits per heavy atom. The van der Waals surface area contributed by atoms with Gasteiger partial charge in [0.25, 0.3) is 0 Å².